The third-order valence-electron chi connectivity index (χ3n) is 4.85. The SMILES string of the molecule is Cc1ncnc2c1ccn2[C@@H]1C[C@@H](CO)[C@H]2OC(C)(C)O[C@H]21. The number of aryl methyl sites for hydroxylation is 1. The largest absolute Gasteiger partial charge is 0.396 e. The molecule has 2 fully saturated rings. The van der Waals surface area contributed by atoms with Crippen molar-refractivity contribution in [3.05, 3.63) is 24.3 Å². The Kier molecular flexibility index (Phi) is 3.04. The molecule has 1 aliphatic heterocycles. The van der Waals surface area contributed by atoms with E-state index in [9.17, 15) is 5.11 Å². The number of ether oxygens (including phenoxy) is 2. The van der Waals surface area contributed by atoms with Crippen LogP contribution in [0, 0.1) is 12.8 Å². The molecular formula is C16H21N3O3. The first-order chi connectivity index (χ1) is 10.5. The monoisotopic (exact) mass is 303 g/mol. The molecule has 0 aromatic carbocycles. The topological polar surface area (TPSA) is 69.4 Å². The number of aliphatic hydroxyl groups excluding tert-OH is 1. The zero-order valence-corrected chi connectivity index (χ0v) is 13.1. The smallest absolute Gasteiger partial charge is 0.163 e. The first kappa shape index (κ1) is 14.1. The molecule has 22 heavy (non-hydrogen) atoms. The number of aromatic nitrogens is 3. The lowest BCUT2D eigenvalue weighted by atomic mass is 10.1. The summed E-state index contributed by atoms with van der Waals surface area (Å²) in [6, 6.07) is 2.17. The summed E-state index contributed by atoms with van der Waals surface area (Å²) in [6.07, 6.45) is 4.35. The van der Waals surface area contributed by atoms with E-state index in [0.717, 1.165) is 23.1 Å². The van der Waals surface area contributed by atoms with Crippen LogP contribution in [0.25, 0.3) is 11.0 Å². The molecule has 0 radical (unpaired) electrons. The molecule has 2 aromatic rings. The van der Waals surface area contributed by atoms with Gasteiger partial charge in [-0.1, -0.05) is 0 Å². The van der Waals surface area contributed by atoms with Crippen molar-refractivity contribution < 1.29 is 14.6 Å². The van der Waals surface area contributed by atoms with Crippen molar-refractivity contribution in [3.63, 3.8) is 0 Å². The molecule has 1 saturated carbocycles. The van der Waals surface area contributed by atoms with Crippen LogP contribution in [0.3, 0.4) is 0 Å². The molecule has 1 aliphatic carbocycles. The lowest BCUT2D eigenvalue weighted by Gasteiger charge is -2.24. The average Bonchev–Trinajstić information content (AvgIpc) is 3.10. The molecule has 0 unspecified atom stereocenters. The summed E-state index contributed by atoms with van der Waals surface area (Å²) in [4.78, 5) is 8.69. The van der Waals surface area contributed by atoms with Crippen molar-refractivity contribution in [1.29, 1.82) is 0 Å². The first-order valence-electron chi connectivity index (χ1n) is 7.75. The van der Waals surface area contributed by atoms with Gasteiger partial charge in [-0.25, -0.2) is 9.97 Å². The standard InChI is InChI=1S/C16H21N3O3/c1-9-11-4-5-19(15(11)18-8-17-9)12-6-10(7-20)13-14(12)22-16(2,3)21-13/h4-5,8,10,12-14,20H,6-7H2,1-3H3/t10-,12+,13+,14-/m0/s1. The molecule has 0 amide bonds. The van der Waals surface area contributed by atoms with Crippen molar-refractivity contribution in [2.45, 2.75) is 51.2 Å². The van der Waals surface area contributed by atoms with Gasteiger partial charge in [0.05, 0.1) is 17.8 Å². The maximum Gasteiger partial charge on any atom is 0.163 e. The normalized spacial score (nSPS) is 33.5. The predicted octanol–water partition coefficient (Wildman–Crippen LogP) is 1.81. The zero-order valence-electron chi connectivity index (χ0n) is 13.1. The lowest BCUT2D eigenvalue weighted by Crippen LogP contribution is -2.27. The summed E-state index contributed by atoms with van der Waals surface area (Å²) < 4.78 is 14.3. The van der Waals surface area contributed by atoms with Gasteiger partial charge in [0.25, 0.3) is 0 Å². The third kappa shape index (κ3) is 1.98. The summed E-state index contributed by atoms with van der Waals surface area (Å²) in [5.74, 6) is -0.507. The van der Waals surface area contributed by atoms with Gasteiger partial charge in [-0.15, -0.1) is 0 Å². The van der Waals surface area contributed by atoms with Gasteiger partial charge in [0, 0.05) is 24.1 Å². The summed E-state index contributed by atoms with van der Waals surface area (Å²) in [6.45, 7) is 5.96. The summed E-state index contributed by atoms with van der Waals surface area (Å²) in [5.41, 5.74) is 1.89. The maximum atomic E-state index is 9.69. The molecule has 2 aliphatic rings. The number of aliphatic hydroxyl groups is 1. The van der Waals surface area contributed by atoms with Crippen LogP contribution in [0.1, 0.15) is 32.0 Å². The van der Waals surface area contributed by atoms with Crippen LogP contribution in [-0.4, -0.2) is 44.2 Å². The first-order valence-corrected chi connectivity index (χ1v) is 7.75. The second-order valence-corrected chi connectivity index (χ2v) is 6.73. The Hall–Kier alpha value is -1.50. The van der Waals surface area contributed by atoms with Crippen LogP contribution >= 0.6 is 0 Å². The number of fused-ring (bicyclic) bond motifs is 2. The van der Waals surface area contributed by atoms with E-state index in [-0.39, 0.29) is 30.8 Å². The number of nitrogens with zero attached hydrogens (tertiary/aromatic N) is 3. The second-order valence-electron chi connectivity index (χ2n) is 6.73. The van der Waals surface area contributed by atoms with E-state index < -0.39 is 5.79 Å². The van der Waals surface area contributed by atoms with Crippen LogP contribution in [0.15, 0.2) is 18.6 Å². The Morgan fingerprint density at radius 1 is 1.32 bits per heavy atom. The van der Waals surface area contributed by atoms with Crippen molar-refractivity contribution in [3.8, 4) is 0 Å². The van der Waals surface area contributed by atoms with Crippen molar-refractivity contribution >= 4 is 11.0 Å². The molecule has 1 N–H and O–H groups in total. The number of hydrogen-bond acceptors (Lipinski definition) is 5. The van der Waals surface area contributed by atoms with Crippen molar-refractivity contribution in [2.24, 2.45) is 5.92 Å². The molecule has 3 heterocycles. The molecule has 6 nitrogen and oxygen atoms in total. The van der Waals surface area contributed by atoms with Gasteiger partial charge >= 0.3 is 0 Å². The van der Waals surface area contributed by atoms with Gasteiger partial charge in [-0.05, 0) is 33.3 Å². The Balaban J connectivity index is 1.77. The van der Waals surface area contributed by atoms with Crippen LogP contribution in [0.4, 0.5) is 0 Å². The van der Waals surface area contributed by atoms with E-state index >= 15 is 0 Å². The van der Waals surface area contributed by atoms with E-state index in [1.54, 1.807) is 6.33 Å². The van der Waals surface area contributed by atoms with Crippen LogP contribution in [-0.2, 0) is 9.47 Å². The fourth-order valence-electron chi connectivity index (χ4n) is 3.87. The Morgan fingerprint density at radius 2 is 2.09 bits per heavy atom. The highest BCUT2D eigenvalue weighted by Gasteiger charge is 2.54. The van der Waals surface area contributed by atoms with Crippen molar-refractivity contribution in [2.75, 3.05) is 6.61 Å². The number of rotatable bonds is 2. The quantitative estimate of drug-likeness (QED) is 0.916. The van der Waals surface area contributed by atoms with Gasteiger partial charge in [0.15, 0.2) is 5.79 Å². The molecule has 0 bridgehead atoms. The second kappa shape index (κ2) is 4.75. The molecule has 0 spiro atoms. The molecule has 4 rings (SSSR count). The molecule has 1 saturated heterocycles. The Bertz CT molecular complexity index is 712. The minimum atomic E-state index is -0.602. The predicted molar refractivity (Wildman–Crippen MR) is 80.3 cm³/mol. The fraction of sp³-hybridized carbons (Fsp3) is 0.625. The highest BCUT2D eigenvalue weighted by molar-refractivity contribution is 5.78. The molecule has 4 atom stereocenters. The van der Waals surface area contributed by atoms with Crippen molar-refractivity contribution in [1.82, 2.24) is 14.5 Å². The maximum absolute atomic E-state index is 9.69. The van der Waals surface area contributed by atoms with Crippen LogP contribution in [0.5, 0.6) is 0 Å². The van der Waals surface area contributed by atoms with E-state index in [4.69, 9.17) is 9.47 Å². The minimum absolute atomic E-state index is 0.0574. The van der Waals surface area contributed by atoms with Crippen LogP contribution in [0.2, 0.25) is 0 Å². The zero-order chi connectivity index (χ0) is 15.5. The van der Waals surface area contributed by atoms with E-state index in [2.05, 4.69) is 14.5 Å². The Labute approximate surface area is 129 Å². The molecule has 118 valence electrons. The van der Waals surface area contributed by atoms with Gasteiger partial charge in [-0.3, -0.25) is 0 Å². The van der Waals surface area contributed by atoms with Gasteiger partial charge < -0.3 is 19.1 Å². The molecule has 6 heteroatoms. The van der Waals surface area contributed by atoms with Gasteiger partial charge in [0.2, 0.25) is 0 Å². The third-order valence-corrected chi connectivity index (χ3v) is 4.85. The van der Waals surface area contributed by atoms with Crippen LogP contribution < -0.4 is 0 Å². The summed E-state index contributed by atoms with van der Waals surface area (Å²) >= 11 is 0. The average molecular weight is 303 g/mol. The van der Waals surface area contributed by atoms with Gasteiger partial charge in [0.1, 0.15) is 18.1 Å². The Morgan fingerprint density at radius 3 is 2.86 bits per heavy atom. The summed E-state index contributed by atoms with van der Waals surface area (Å²) in [5, 5.41) is 10.7. The molecular weight excluding hydrogens is 282 g/mol. The highest BCUT2D eigenvalue weighted by atomic mass is 16.8. The minimum Gasteiger partial charge on any atom is -0.396 e. The van der Waals surface area contributed by atoms with E-state index in [1.807, 2.05) is 33.0 Å². The fourth-order valence-corrected chi connectivity index (χ4v) is 3.87. The molecule has 2 aromatic heterocycles. The van der Waals surface area contributed by atoms with E-state index in [0.29, 0.717) is 0 Å². The lowest BCUT2D eigenvalue weighted by molar-refractivity contribution is -0.161. The highest BCUT2D eigenvalue weighted by Crippen LogP contribution is 2.47. The summed E-state index contributed by atoms with van der Waals surface area (Å²) in [7, 11) is 0. The number of hydrogen-bond donors (Lipinski definition) is 1. The van der Waals surface area contributed by atoms with Gasteiger partial charge in [-0.2, -0.15) is 0 Å². The van der Waals surface area contributed by atoms with E-state index in [1.165, 1.54) is 0 Å².